The van der Waals surface area contributed by atoms with Crippen LogP contribution in [0.15, 0.2) is 0 Å². The largest absolute Gasteiger partial charge is 0.393 e. The molecule has 2 unspecified atom stereocenters. The Hall–Kier alpha value is -0.130. The fourth-order valence-electron chi connectivity index (χ4n) is 3.71. The highest BCUT2D eigenvalue weighted by molar-refractivity contribution is 7.86. The van der Waals surface area contributed by atoms with Crippen molar-refractivity contribution in [3.05, 3.63) is 0 Å². The van der Waals surface area contributed by atoms with Crippen LogP contribution in [0.1, 0.15) is 129 Å². The summed E-state index contributed by atoms with van der Waals surface area (Å²) < 4.78 is 32.4. The van der Waals surface area contributed by atoms with E-state index in [1.807, 2.05) is 0 Å². The maximum atomic E-state index is 11.5. The van der Waals surface area contributed by atoms with E-state index in [1.165, 1.54) is 32.1 Å². The first-order valence-corrected chi connectivity index (χ1v) is 13.1. The van der Waals surface area contributed by atoms with Crippen LogP contribution in [0.5, 0.6) is 0 Å². The molecule has 0 saturated carbocycles. The van der Waals surface area contributed by atoms with E-state index in [0.29, 0.717) is 12.8 Å². The van der Waals surface area contributed by atoms with E-state index < -0.39 is 15.4 Å². The van der Waals surface area contributed by atoms with E-state index >= 15 is 0 Å². The minimum Gasteiger partial charge on any atom is -0.393 e. The van der Waals surface area contributed by atoms with Crippen LogP contribution in [0.25, 0.3) is 0 Å². The molecule has 0 aliphatic carbocycles. The van der Waals surface area contributed by atoms with Crippen LogP contribution in [0.3, 0.4) is 0 Å². The zero-order chi connectivity index (χ0) is 20.4. The Bertz CT molecular complexity index is 409. The lowest BCUT2D eigenvalue weighted by Gasteiger charge is -2.13. The molecule has 0 aromatic heterocycles. The van der Waals surface area contributed by atoms with E-state index in [1.54, 1.807) is 0 Å². The standard InChI is InChI=1S/C22H46O4S/c1-3-5-6-15-19-22(27(24,25)26)20-16-13-11-9-7-8-10-12-14-18-21(23)17-4-2/h21-23H,3-20H2,1-2H3,(H,24,25,26). The lowest BCUT2D eigenvalue weighted by molar-refractivity contribution is 0.150. The van der Waals surface area contributed by atoms with Gasteiger partial charge < -0.3 is 5.11 Å². The first kappa shape index (κ1) is 26.9. The molecule has 0 heterocycles. The van der Waals surface area contributed by atoms with Crippen molar-refractivity contribution in [1.82, 2.24) is 0 Å². The lowest BCUT2D eigenvalue weighted by atomic mass is 10.0. The molecule has 0 spiro atoms. The summed E-state index contributed by atoms with van der Waals surface area (Å²) in [5.74, 6) is 0. The van der Waals surface area contributed by atoms with Crippen LogP contribution < -0.4 is 0 Å². The molecular formula is C22H46O4S. The summed E-state index contributed by atoms with van der Waals surface area (Å²) in [6, 6.07) is 0. The highest BCUT2D eigenvalue weighted by Gasteiger charge is 2.21. The van der Waals surface area contributed by atoms with Gasteiger partial charge in [0.15, 0.2) is 0 Å². The normalized spacial score (nSPS) is 14.4. The lowest BCUT2D eigenvalue weighted by Crippen LogP contribution is -2.20. The Kier molecular flexibility index (Phi) is 17.8. The van der Waals surface area contributed by atoms with Gasteiger partial charge in [0.2, 0.25) is 0 Å². The van der Waals surface area contributed by atoms with Gasteiger partial charge in [-0.15, -0.1) is 0 Å². The third kappa shape index (κ3) is 17.7. The summed E-state index contributed by atoms with van der Waals surface area (Å²) in [5.41, 5.74) is 0. The van der Waals surface area contributed by atoms with Crippen molar-refractivity contribution in [2.75, 3.05) is 0 Å². The highest BCUT2D eigenvalue weighted by atomic mass is 32.2. The van der Waals surface area contributed by atoms with Crippen molar-refractivity contribution < 1.29 is 18.1 Å². The van der Waals surface area contributed by atoms with Crippen LogP contribution >= 0.6 is 0 Å². The molecule has 4 nitrogen and oxygen atoms in total. The van der Waals surface area contributed by atoms with Crippen molar-refractivity contribution >= 4 is 10.1 Å². The van der Waals surface area contributed by atoms with Crippen LogP contribution in [-0.4, -0.2) is 29.4 Å². The van der Waals surface area contributed by atoms with E-state index in [2.05, 4.69) is 13.8 Å². The molecule has 0 amide bonds. The Morgan fingerprint density at radius 2 is 1.00 bits per heavy atom. The second-order valence-corrected chi connectivity index (χ2v) is 9.88. The number of hydrogen-bond acceptors (Lipinski definition) is 3. The topological polar surface area (TPSA) is 74.6 Å². The van der Waals surface area contributed by atoms with Gasteiger partial charge in [-0.25, -0.2) is 0 Å². The summed E-state index contributed by atoms with van der Waals surface area (Å²) in [4.78, 5) is 0. The molecule has 2 N–H and O–H groups in total. The second kappa shape index (κ2) is 17.9. The molecule has 0 aromatic carbocycles. The summed E-state index contributed by atoms with van der Waals surface area (Å²) >= 11 is 0. The van der Waals surface area contributed by atoms with Crippen molar-refractivity contribution in [3.8, 4) is 0 Å². The molecule has 0 fully saturated rings. The molecule has 0 aliphatic rings. The number of rotatable bonds is 20. The van der Waals surface area contributed by atoms with Crippen LogP contribution in [0, 0.1) is 0 Å². The third-order valence-corrected chi connectivity index (χ3v) is 6.80. The molecule has 5 heteroatoms. The molecule has 0 bridgehead atoms. The number of aliphatic hydroxyl groups excluding tert-OH is 1. The van der Waals surface area contributed by atoms with Gasteiger partial charge in [0, 0.05) is 0 Å². The third-order valence-electron chi connectivity index (χ3n) is 5.49. The van der Waals surface area contributed by atoms with Gasteiger partial charge >= 0.3 is 0 Å². The SMILES string of the molecule is CCCCCCC(CCCCCCCCCCCC(O)CCC)S(=O)(=O)O. The molecule has 0 aliphatic heterocycles. The zero-order valence-corrected chi connectivity index (χ0v) is 18.8. The Morgan fingerprint density at radius 1 is 0.593 bits per heavy atom. The fourth-order valence-corrected chi connectivity index (χ4v) is 4.64. The number of aliphatic hydroxyl groups is 1. The van der Waals surface area contributed by atoms with Gasteiger partial charge in [-0.1, -0.05) is 104 Å². The first-order chi connectivity index (χ1) is 12.9. The minimum absolute atomic E-state index is 0.104. The van der Waals surface area contributed by atoms with E-state index in [4.69, 9.17) is 0 Å². The Balaban J connectivity index is 3.56. The Labute approximate surface area is 169 Å². The highest BCUT2D eigenvalue weighted by Crippen LogP contribution is 2.19. The van der Waals surface area contributed by atoms with Gasteiger partial charge in [0.1, 0.15) is 0 Å². The second-order valence-electron chi connectivity index (χ2n) is 8.19. The summed E-state index contributed by atoms with van der Waals surface area (Å²) in [6.45, 7) is 4.25. The fraction of sp³-hybridized carbons (Fsp3) is 1.00. The van der Waals surface area contributed by atoms with Crippen molar-refractivity contribution in [3.63, 3.8) is 0 Å². The zero-order valence-electron chi connectivity index (χ0n) is 18.0. The molecule has 0 aromatic rings. The van der Waals surface area contributed by atoms with Crippen molar-refractivity contribution in [2.24, 2.45) is 0 Å². The van der Waals surface area contributed by atoms with E-state index in [0.717, 1.165) is 70.6 Å². The van der Waals surface area contributed by atoms with Crippen molar-refractivity contribution in [2.45, 2.75) is 141 Å². The predicted octanol–water partition coefficient (Wildman–Crippen LogP) is 6.67. The smallest absolute Gasteiger partial charge is 0.267 e. The molecular weight excluding hydrogens is 360 g/mol. The molecule has 164 valence electrons. The van der Waals surface area contributed by atoms with Gasteiger partial charge in [0.25, 0.3) is 10.1 Å². The van der Waals surface area contributed by atoms with Gasteiger partial charge in [0.05, 0.1) is 11.4 Å². The van der Waals surface area contributed by atoms with Crippen LogP contribution in [0.4, 0.5) is 0 Å². The van der Waals surface area contributed by atoms with Gasteiger partial charge in [-0.2, -0.15) is 8.42 Å². The maximum absolute atomic E-state index is 11.5. The van der Waals surface area contributed by atoms with Crippen molar-refractivity contribution in [1.29, 1.82) is 0 Å². The van der Waals surface area contributed by atoms with Gasteiger partial charge in [-0.05, 0) is 25.7 Å². The van der Waals surface area contributed by atoms with Crippen LogP contribution in [0.2, 0.25) is 0 Å². The number of hydrogen-bond donors (Lipinski definition) is 2. The average molecular weight is 407 g/mol. The van der Waals surface area contributed by atoms with E-state index in [9.17, 15) is 18.1 Å². The molecule has 27 heavy (non-hydrogen) atoms. The maximum Gasteiger partial charge on any atom is 0.267 e. The number of unbranched alkanes of at least 4 members (excludes halogenated alkanes) is 11. The summed E-state index contributed by atoms with van der Waals surface area (Å²) in [7, 11) is -3.89. The molecule has 0 saturated heterocycles. The summed E-state index contributed by atoms with van der Waals surface area (Å²) in [5, 5.41) is 9.12. The minimum atomic E-state index is -3.89. The van der Waals surface area contributed by atoms with Gasteiger partial charge in [-0.3, -0.25) is 4.55 Å². The first-order valence-electron chi connectivity index (χ1n) is 11.6. The quantitative estimate of drug-likeness (QED) is 0.175. The molecule has 0 rings (SSSR count). The monoisotopic (exact) mass is 406 g/mol. The summed E-state index contributed by atoms with van der Waals surface area (Å²) in [6.07, 6.45) is 18.7. The van der Waals surface area contributed by atoms with Crippen LogP contribution in [-0.2, 0) is 10.1 Å². The predicted molar refractivity (Wildman–Crippen MR) is 116 cm³/mol. The Morgan fingerprint density at radius 3 is 1.41 bits per heavy atom. The molecule has 2 atom stereocenters. The van der Waals surface area contributed by atoms with E-state index in [-0.39, 0.29) is 6.10 Å². The molecule has 0 radical (unpaired) electrons. The average Bonchev–Trinajstić information content (AvgIpc) is 2.60.